The summed E-state index contributed by atoms with van der Waals surface area (Å²) in [6, 6.07) is 7.38. The number of rotatable bonds is 4. The summed E-state index contributed by atoms with van der Waals surface area (Å²) in [7, 11) is 4.26. The third kappa shape index (κ3) is 3.94. The van der Waals surface area contributed by atoms with Gasteiger partial charge in [0.2, 0.25) is 0 Å². The minimum atomic E-state index is -0.635. The number of hydrogen-bond donors (Lipinski definition) is 1. The second-order valence-electron chi connectivity index (χ2n) is 4.17. The lowest BCUT2D eigenvalue weighted by molar-refractivity contribution is 0.0594. The van der Waals surface area contributed by atoms with Crippen LogP contribution in [0, 0.1) is 0 Å². The van der Waals surface area contributed by atoms with Crippen LogP contribution in [0.3, 0.4) is 0 Å². The molecule has 0 saturated heterocycles. The third-order valence-corrected chi connectivity index (χ3v) is 2.81. The number of aliphatic imine (C=N–C) groups is 1. The molecule has 23 heavy (non-hydrogen) atoms. The molecule has 0 saturated carbocycles. The van der Waals surface area contributed by atoms with Crippen LogP contribution in [-0.2, 0) is 9.47 Å². The van der Waals surface area contributed by atoms with Crippen molar-refractivity contribution < 1.29 is 19.0 Å². The molecule has 120 valence electrons. The normalized spacial score (nSPS) is 10.8. The van der Waals surface area contributed by atoms with E-state index in [0.717, 1.165) is 0 Å². The van der Waals surface area contributed by atoms with E-state index in [1.807, 2.05) is 12.1 Å². The number of benzene rings is 1. The summed E-state index contributed by atoms with van der Waals surface area (Å²) in [4.78, 5) is 23.8. The molecule has 0 aliphatic carbocycles. The molecule has 0 fully saturated rings. The lowest BCUT2D eigenvalue weighted by Crippen LogP contribution is -2.15. The summed E-state index contributed by atoms with van der Waals surface area (Å²) >= 11 is 0. The largest absolute Gasteiger partial charge is 0.495 e. The van der Waals surface area contributed by atoms with Gasteiger partial charge in [-0.1, -0.05) is 12.1 Å². The van der Waals surface area contributed by atoms with E-state index in [1.54, 1.807) is 19.2 Å². The van der Waals surface area contributed by atoms with Crippen LogP contribution < -0.4 is 10.1 Å². The van der Waals surface area contributed by atoms with E-state index < -0.39 is 5.97 Å². The number of carbonyl (C=O) groups excluding carboxylic acids is 1. The first-order valence-corrected chi connectivity index (χ1v) is 6.61. The Balaban J connectivity index is 2.34. The van der Waals surface area contributed by atoms with Gasteiger partial charge in [0.15, 0.2) is 11.5 Å². The predicted molar refractivity (Wildman–Crippen MR) is 84.1 cm³/mol. The predicted octanol–water partition coefficient (Wildman–Crippen LogP) is 2.02. The number of carbonyl (C=O) groups is 1. The molecule has 8 heteroatoms. The standard InChI is InChI=1S/C15H16N4O4/c1-21-11-7-5-4-6-10(11)18-15(23-3)19-13-12(14(20)22-2)16-8-9-17-13/h4-9H,1-3H3,(H,17,18,19). The van der Waals surface area contributed by atoms with Gasteiger partial charge in [0.25, 0.3) is 6.02 Å². The van der Waals surface area contributed by atoms with Crippen LogP contribution in [0.1, 0.15) is 10.5 Å². The van der Waals surface area contributed by atoms with Crippen molar-refractivity contribution in [1.29, 1.82) is 0 Å². The summed E-state index contributed by atoms with van der Waals surface area (Å²) in [6.45, 7) is 0. The van der Waals surface area contributed by atoms with Crippen molar-refractivity contribution >= 4 is 23.5 Å². The molecule has 0 bridgehead atoms. The first-order chi connectivity index (χ1) is 11.2. The topological polar surface area (TPSA) is 94.9 Å². The van der Waals surface area contributed by atoms with Crippen LogP contribution in [0.4, 0.5) is 11.5 Å². The summed E-state index contributed by atoms with van der Waals surface area (Å²) in [6.07, 6.45) is 2.80. The number of hydrogen-bond acceptors (Lipinski definition) is 7. The van der Waals surface area contributed by atoms with Crippen molar-refractivity contribution in [3.05, 3.63) is 42.4 Å². The molecular formula is C15H16N4O4. The smallest absolute Gasteiger partial charge is 0.360 e. The van der Waals surface area contributed by atoms with E-state index in [-0.39, 0.29) is 17.5 Å². The fourth-order valence-electron chi connectivity index (χ4n) is 1.74. The Labute approximate surface area is 133 Å². The van der Waals surface area contributed by atoms with Crippen molar-refractivity contribution in [3.63, 3.8) is 0 Å². The summed E-state index contributed by atoms with van der Waals surface area (Å²) in [5.74, 6) is 0.0628. The van der Waals surface area contributed by atoms with E-state index in [9.17, 15) is 4.79 Å². The molecule has 1 aromatic heterocycles. The van der Waals surface area contributed by atoms with Crippen LogP contribution in [0.2, 0.25) is 0 Å². The van der Waals surface area contributed by atoms with Crippen LogP contribution in [0.15, 0.2) is 41.7 Å². The molecule has 8 nitrogen and oxygen atoms in total. The number of nitrogens with zero attached hydrogens (tertiary/aromatic N) is 3. The lowest BCUT2D eigenvalue weighted by atomic mass is 10.3. The van der Waals surface area contributed by atoms with Crippen molar-refractivity contribution in [1.82, 2.24) is 9.97 Å². The fourth-order valence-corrected chi connectivity index (χ4v) is 1.74. The lowest BCUT2D eigenvalue weighted by Gasteiger charge is -2.11. The Morgan fingerprint density at radius 1 is 1.09 bits per heavy atom. The number of aromatic nitrogens is 2. The molecule has 0 spiro atoms. The maximum Gasteiger partial charge on any atom is 0.360 e. The molecule has 1 N–H and O–H groups in total. The van der Waals surface area contributed by atoms with Crippen LogP contribution in [0.5, 0.6) is 5.75 Å². The molecule has 0 amide bonds. The zero-order chi connectivity index (χ0) is 16.7. The molecule has 2 aromatic rings. The van der Waals surface area contributed by atoms with E-state index >= 15 is 0 Å². The van der Waals surface area contributed by atoms with Gasteiger partial charge in [0.05, 0.1) is 27.0 Å². The number of esters is 1. The second-order valence-corrected chi connectivity index (χ2v) is 4.17. The van der Waals surface area contributed by atoms with Crippen LogP contribution in [-0.4, -0.2) is 43.3 Å². The van der Waals surface area contributed by atoms with Crippen molar-refractivity contribution in [2.45, 2.75) is 0 Å². The maximum absolute atomic E-state index is 11.7. The molecule has 2 rings (SSSR count). The molecule has 0 aliphatic heterocycles. The van der Waals surface area contributed by atoms with Gasteiger partial charge in [-0.3, -0.25) is 0 Å². The van der Waals surface area contributed by atoms with Gasteiger partial charge in [-0.05, 0) is 12.1 Å². The maximum atomic E-state index is 11.7. The highest BCUT2D eigenvalue weighted by atomic mass is 16.5. The summed E-state index contributed by atoms with van der Waals surface area (Å²) in [5.41, 5.74) is 0.644. The monoisotopic (exact) mass is 316 g/mol. The first-order valence-electron chi connectivity index (χ1n) is 6.61. The minimum absolute atomic E-state index is 0.00798. The highest BCUT2D eigenvalue weighted by Crippen LogP contribution is 2.23. The average Bonchev–Trinajstić information content (AvgIpc) is 2.61. The Kier molecular flexibility index (Phi) is 5.45. The Bertz CT molecular complexity index is 718. The van der Waals surface area contributed by atoms with Crippen LogP contribution >= 0.6 is 0 Å². The number of amidine groups is 1. The van der Waals surface area contributed by atoms with Crippen molar-refractivity contribution in [2.75, 3.05) is 26.6 Å². The second kappa shape index (κ2) is 7.74. The van der Waals surface area contributed by atoms with Gasteiger partial charge in [-0.2, -0.15) is 4.99 Å². The molecule has 0 unspecified atom stereocenters. The number of ether oxygens (including phenoxy) is 3. The van der Waals surface area contributed by atoms with Gasteiger partial charge in [0, 0.05) is 12.4 Å². The van der Waals surface area contributed by atoms with Gasteiger partial charge >= 0.3 is 5.97 Å². The van der Waals surface area contributed by atoms with E-state index in [2.05, 4.69) is 25.0 Å². The van der Waals surface area contributed by atoms with E-state index in [1.165, 1.54) is 26.6 Å². The highest BCUT2D eigenvalue weighted by Gasteiger charge is 2.15. The van der Waals surface area contributed by atoms with Crippen molar-refractivity contribution in [3.8, 4) is 5.75 Å². The van der Waals surface area contributed by atoms with Gasteiger partial charge in [-0.15, -0.1) is 0 Å². The molecular weight excluding hydrogens is 300 g/mol. The Morgan fingerprint density at radius 3 is 2.52 bits per heavy atom. The zero-order valence-corrected chi connectivity index (χ0v) is 12.9. The zero-order valence-electron chi connectivity index (χ0n) is 12.9. The van der Waals surface area contributed by atoms with Gasteiger partial charge < -0.3 is 19.5 Å². The molecule has 0 atom stereocenters. The Hall–Kier alpha value is -3.16. The molecule has 0 aliphatic rings. The Morgan fingerprint density at radius 2 is 1.83 bits per heavy atom. The van der Waals surface area contributed by atoms with E-state index in [0.29, 0.717) is 11.4 Å². The molecule has 1 aromatic carbocycles. The van der Waals surface area contributed by atoms with Gasteiger partial charge in [0.1, 0.15) is 5.75 Å². The van der Waals surface area contributed by atoms with E-state index in [4.69, 9.17) is 9.47 Å². The van der Waals surface area contributed by atoms with Crippen LogP contribution in [0.25, 0.3) is 0 Å². The highest BCUT2D eigenvalue weighted by molar-refractivity contribution is 5.96. The quantitative estimate of drug-likeness (QED) is 0.524. The average molecular weight is 316 g/mol. The number of methoxy groups -OCH3 is 3. The SMILES string of the molecule is COC(=O)c1nccnc1N=C(Nc1ccccc1OC)OC. The molecule has 0 radical (unpaired) electrons. The third-order valence-electron chi connectivity index (χ3n) is 2.81. The fraction of sp³-hybridized carbons (Fsp3) is 0.200. The minimum Gasteiger partial charge on any atom is -0.495 e. The number of nitrogens with one attached hydrogen (secondary N) is 1. The summed E-state index contributed by atoms with van der Waals surface area (Å²) < 4.78 is 15.1. The molecule has 1 heterocycles. The van der Waals surface area contributed by atoms with Crippen molar-refractivity contribution in [2.24, 2.45) is 4.99 Å². The summed E-state index contributed by atoms with van der Waals surface area (Å²) in [5, 5.41) is 2.96. The number of para-hydroxylation sites is 2. The van der Waals surface area contributed by atoms with Gasteiger partial charge in [-0.25, -0.2) is 14.8 Å². The number of anilines is 1. The first kappa shape index (κ1) is 16.2.